The molecule has 0 saturated heterocycles. The Labute approximate surface area is 181 Å². The lowest BCUT2D eigenvalue weighted by molar-refractivity contribution is 0.0702. The number of aliphatic hydroxyl groups excluding tert-OH is 1. The fraction of sp³-hybridized carbons (Fsp3) is 0.458. The van der Waals surface area contributed by atoms with Crippen molar-refractivity contribution in [3.8, 4) is 11.8 Å². The number of alkyl halides is 1. The molecule has 1 saturated carbocycles. The number of aryl methyl sites for hydroxylation is 2. The quantitative estimate of drug-likeness (QED) is 0.436. The van der Waals surface area contributed by atoms with Gasteiger partial charge in [0.25, 0.3) is 0 Å². The summed E-state index contributed by atoms with van der Waals surface area (Å²) >= 11 is 7.96. The van der Waals surface area contributed by atoms with E-state index >= 15 is 0 Å². The van der Waals surface area contributed by atoms with E-state index in [0.29, 0.717) is 16.7 Å². The summed E-state index contributed by atoms with van der Waals surface area (Å²) in [6, 6.07) is 11.9. The number of carbonyl (C=O) groups is 1. The maximum atomic E-state index is 11.0. The highest BCUT2D eigenvalue weighted by Crippen LogP contribution is 2.38. The van der Waals surface area contributed by atoms with Crippen LogP contribution in [0.2, 0.25) is 0 Å². The van der Waals surface area contributed by atoms with Gasteiger partial charge in [-0.1, -0.05) is 24.0 Å². The Morgan fingerprint density at radius 2 is 2.03 bits per heavy atom. The molecule has 0 unspecified atom stereocenters. The molecule has 0 amide bonds. The molecule has 1 aromatic heterocycles. The molecule has 1 heterocycles. The Morgan fingerprint density at radius 1 is 1.17 bits per heavy atom. The van der Waals surface area contributed by atoms with Crippen molar-refractivity contribution in [1.82, 2.24) is 0 Å². The van der Waals surface area contributed by atoms with E-state index in [1.807, 2.05) is 18.2 Å². The van der Waals surface area contributed by atoms with Crippen molar-refractivity contribution in [1.29, 1.82) is 0 Å². The standard InChI is InChI=1S/C24H27ClO3S/c25-22-13-11-19(10-9-18-5-1-4-17(16-18)6-3-15-26)21(22)8-2-7-20-12-14-23(29-20)24(27)28/h1,4-5,12,14,16,19,21-22,26H,2-3,6-8,11,13,15H2,(H,27,28)/t19-,21+,22+/m0/s1. The second-order valence-electron chi connectivity index (χ2n) is 7.62. The van der Waals surface area contributed by atoms with Gasteiger partial charge in [0.05, 0.1) is 0 Å². The first kappa shape index (κ1) is 21.9. The third kappa shape index (κ3) is 6.34. The molecule has 3 rings (SSSR count). The zero-order valence-corrected chi connectivity index (χ0v) is 18.0. The van der Waals surface area contributed by atoms with Gasteiger partial charge < -0.3 is 10.2 Å². The zero-order chi connectivity index (χ0) is 20.6. The number of hydrogen-bond donors (Lipinski definition) is 2. The Balaban J connectivity index is 1.57. The van der Waals surface area contributed by atoms with Crippen molar-refractivity contribution >= 4 is 28.9 Å². The predicted molar refractivity (Wildman–Crippen MR) is 119 cm³/mol. The van der Waals surface area contributed by atoms with Crippen molar-refractivity contribution in [3.63, 3.8) is 0 Å². The lowest BCUT2D eigenvalue weighted by Gasteiger charge is -2.17. The van der Waals surface area contributed by atoms with Gasteiger partial charge in [-0.05, 0) is 80.7 Å². The minimum Gasteiger partial charge on any atom is -0.477 e. The van der Waals surface area contributed by atoms with Gasteiger partial charge in [0.2, 0.25) is 0 Å². The van der Waals surface area contributed by atoms with E-state index in [1.54, 1.807) is 6.07 Å². The molecular weight excluding hydrogens is 404 g/mol. The van der Waals surface area contributed by atoms with Gasteiger partial charge in [0.15, 0.2) is 0 Å². The van der Waals surface area contributed by atoms with Crippen LogP contribution in [-0.4, -0.2) is 28.2 Å². The number of thiophene rings is 1. The number of carboxylic acid groups (broad SMARTS) is 1. The van der Waals surface area contributed by atoms with E-state index < -0.39 is 5.97 Å². The fourth-order valence-corrected chi connectivity index (χ4v) is 5.30. The monoisotopic (exact) mass is 430 g/mol. The molecule has 5 heteroatoms. The van der Waals surface area contributed by atoms with E-state index in [4.69, 9.17) is 21.8 Å². The van der Waals surface area contributed by atoms with Gasteiger partial charge in [-0.3, -0.25) is 0 Å². The van der Waals surface area contributed by atoms with Crippen molar-refractivity contribution < 1.29 is 15.0 Å². The van der Waals surface area contributed by atoms with E-state index in [9.17, 15) is 4.79 Å². The van der Waals surface area contributed by atoms with Crippen molar-refractivity contribution in [2.45, 2.75) is 50.3 Å². The first-order valence-electron chi connectivity index (χ1n) is 10.2. The highest BCUT2D eigenvalue weighted by Gasteiger charge is 2.33. The molecule has 2 aromatic rings. The largest absolute Gasteiger partial charge is 0.477 e. The molecule has 154 valence electrons. The zero-order valence-electron chi connectivity index (χ0n) is 16.4. The van der Waals surface area contributed by atoms with Gasteiger partial charge in [-0.2, -0.15) is 0 Å². The first-order chi connectivity index (χ1) is 14.1. The maximum absolute atomic E-state index is 11.0. The molecule has 3 nitrogen and oxygen atoms in total. The number of aliphatic hydroxyl groups is 1. The fourth-order valence-electron chi connectivity index (χ4n) is 3.98. The molecule has 0 radical (unpaired) electrons. The molecule has 1 aliphatic rings. The van der Waals surface area contributed by atoms with Crippen LogP contribution in [0.25, 0.3) is 0 Å². The third-order valence-corrected chi connectivity index (χ3v) is 7.20. The van der Waals surface area contributed by atoms with Crippen LogP contribution in [0.1, 0.15) is 57.8 Å². The highest BCUT2D eigenvalue weighted by atomic mass is 35.5. The number of carboxylic acids is 1. The molecular formula is C24H27ClO3S. The van der Waals surface area contributed by atoms with Crippen LogP contribution >= 0.6 is 22.9 Å². The maximum Gasteiger partial charge on any atom is 0.345 e. The summed E-state index contributed by atoms with van der Waals surface area (Å²) in [6.07, 6.45) is 6.60. The Morgan fingerprint density at radius 3 is 2.79 bits per heavy atom. The summed E-state index contributed by atoms with van der Waals surface area (Å²) in [5.41, 5.74) is 2.23. The molecule has 0 spiro atoms. The van der Waals surface area contributed by atoms with Crippen LogP contribution in [-0.2, 0) is 12.8 Å². The number of benzene rings is 1. The average molecular weight is 431 g/mol. The summed E-state index contributed by atoms with van der Waals surface area (Å²) in [6.45, 7) is 0.208. The molecule has 1 fully saturated rings. The Hall–Kier alpha value is -1.80. The molecule has 1 aromatic carbocycles. The van der Waals surface area contributed by atoms with Crippen molar-refractivity contribution in [2.24, 2.45) is 11.8 Å². The summed E-state index contributed by atoms with van der Waals surface area (Å²) in [4.78, 5) is 12.5. The van der Waals surface area contributed by atoms with E-state index in [-0.39, 0.29) is 12.0 Å². The summed E-state index contributed by atoms with van der Waals surface area (Å²) in [5, 5.41) is 18.2. The normalized spacial score (nSPS) is 21.0. The van der Waals surface area contributed by atoms with Crippen LogP contribution in [0, 0.1) is 23.7 Å². The average Bonchev–Trinajstić information content (AvgIpc) is 3.33. The van der Waals surface area contributed by atoms with E-state index in [1.165, 1.54) is 16.9 Å². The van der Waals surface area contributed by atoms with Crippen molar-refractivity contribution in [2.75, 3.05) is 6.61 Å². The smallest absolute Gasteiger partial charge is 0.345 e. The minimum atomic E-state index is -0.853. The van der Waals surface area contributed by atoms with Crippen LogP contribution in [0.15, 0.2) is 36.4 Å². The Kier molecular flexibility index (Phi) is 8.18. The van der Waals surface area contributed by atoms with Crippen LogP contribution in [0.3, 0.4) is 0 Å². The predicted octanol–water partition coefficient (Wildman–Crippen LogP) is 5.38. The van der Waals surface area contributed by atoms with Gasteiger partial charge in [0.1, 0.15) is 4.88 Å². The number of hydrogen-bond acceptors (Lipinski definition) is 3. The topological polar surface area (TPSA) is 57.5 Å². The van der Waals surface area contributed by atoms with Crippen LogP contribution in [0.5, 0.6) is 0 Å². The molecule has 2 N–H and O–H groups in total. The lowest BCUT2D eigenvalue weighted by atomic mass is 9.90. The van der Waals surface area contributed by atoms with Crippen molar-refractivity contribution in [3.05, 3.63) is 57.3 Å². The second kappa shape index (κ2) is 10.8. The highest BCUT2D eigenvalue weighted by molar-refractivity contribution is 7.13. The Bertz CT molecular complexity index is 879. The molecule has 29 heavy (non-hydrogen) atoms. The summed E-state index contributed by atoms with van der Waals surface area (Å²) < 4.78 is 0. The van der Waals surface area contributed by atoms with Gasteiger partial charge in [0, 0.05) is 28.3 Å². The van der Waals surface area contributed by atoms with Gasteiger partial charge in [-0.15, -0.1) is 22.9 Å². The lowest BCUT2D eigenvalue weighted by Crippen LogP contribution is -2.14. The summed E-state index contributed by atoms with van der Waals surface area (Å²) in [7, 11) is 0. The first-order valence-corrected chi connectivity index (χ1v) is 11.5. The van der Waals surface area contributed by atoms with E-state index in [0.717, 1.165) is 55.4 Å². The van der Waals surface area contributed by atoms with E-state index in [2.05, 4.69) is 24.0 Å². The van der Waals surface area contributed by atoms with Crippen LogP contribution in [0.4, 0.5) is 0 Å². The number of aromatic carboxylic acids is 1. The molecule has 0 aliphatic heterocycles. The molecule has 0 bridgehead atoms. The second-order valence-corrected chi connectivity index (χ2v) is 9.35. The summed E-state index contributed by atoms with van der Waals surface area (Å²) in [5.74, 6) is 6.67. The molecule has 1 aliphatic carbocycles. The SMILES string of the molecule is O=C(O)c1ccc(CCC[C@H]2[C@H](Cl)CC[C@@H]2C#Cc2cccc(CCCO)c2)s1. The number of halogens is 1. The van der Waals surface area contributed by atoms with Gasteiger partial charge in [-0.25, -0.2) is 4.79 Å². The van der Waals surface area contributed by atoms with Crippen LogP contribution < -0.4 is 0 Å². The number of rotatable bonds is 8. The third-order valence-electron chi connectivity index (χ3n) is 5.52. The minimum absolute atomic E-state index is 0.170. The van der Waals surface area contributed by atoms with Gasteiger partial charge >= 0.3 is 5.97 Å². The molecule has 3 atom stereocenters.